The minimum atomic E-state index is -0.190. The average Bonchev–Trinajstić information content (AvgIpc) is 2.98. The highest BCUT2D eigenvalue weighted by Crippen LogP contribution is 2.45. The van der Waals surface area contributed by atoms with Gasteiger partial charge in [0, 0.05) is 25.0 Å². The maximum absolute atomic E-state index is 12.4. The van der Waals surface area contributed by atoms with Crippen LogP contribution >= 0.6 is 0 Å². The fourth-order valence-corrected chi connectivity index (χ4v) is 3.50. The molecule has 2 amide bonds. The van der Waals surface area contributed by atoms with Crippen LogP contribution in [0.4, 0.5) is 0 Å². The zero-order valence-corrected chi connectivity index (χ0v) is 13.4. The molecular formula is C16H26N2O3. The first-order chi connectivity index (χ1) is 9.81. The van der Waals surface area contributed by atoms with Crippen LogP contribution in [-0.4, -0.2) is 60.0 Å². The lowest BCUT2D eigenvalue weighted by atomic mass is 9.81. The molecule has 21 heavy (non-hydrogen) atoms. The molecular weight excluding hydrogens is 268 g/mol. The number of amides is 2. The van der Waals surface area contributed by atoms with Crippen molar-refractivity contribution < 1.29 is 14.3 Å². The third-order valence-electron chi connectivity index (χ3n) is 4.55. The zero-order chi connectivity index (χ0) is 15.7. The first-order valence-electron chi connectivity index (χ1n) is 7.64. The van der Waals surface area contributed by atoms with Gasteiger partial charge in [0.2, 0.25) is 11.8 Å². The van der Waals surface area contributed by atoms with Crippen molar-refractivity contribution in [3.63, 3.8) is 0 Å². The van der Waals surface area contributed by atoms with E-state index in [9.17, 15) is 9.59 Å². The zero-order valence-electron chi connectivity index (χ0n) is 13.4. The topological polar surface area (TPSA) is 49.9 Å². The Hall–Kier alpha value is -1.36. The molecule has 2 aliphatic heterocycles. The number of hydrogen-bond acceptors (Lipinski definition) is 3. The molecule has 2 fully saturated rings. The fourth-order valence-electron chi connectivity index (χ4n) is 3.50. The SMILES string of the molecule is C=CC(=O)N(CC)CC(=O)N1CCC2(COC(C)(C)C2)C1. The van der Waals surface area contributed by atoms with Gasteiger partial charge in [-0.3, -0.25) is 9.59 Å². The predicted molar refractivity (Wildman–Crippen MR) is 80.7 cm³/mol. The number of nitrogens with zero attached hydrogens (tertiary/aromatic N) is 2. The van der Waals surface area contributed by atoms with Gasteiger partial charge in [-0.05, 0) is 39.7 Å². The lowest BCUT2D eigenvalue weighted by Crippen LogP contribution is -2.42. The second-order valence-corrected chi connectivity index (χ2v) is 6.85. The molecule has 0 N–H and O–H groups in total. The summed E-state index contributed by atoms with van der Waals surface area (Å²) in [7, 11) is 0. The van der Waals surface area contributed by atoms with Crippen molar-refractivity contribution >= 4 is 11.8 Å². The van der Waals surface area contributed by atoms with E-state index in [2.05, 4.69) is 20.4 Å². The van der Waals surface area contributed by atoms with E-state index >= 15 is 0 Å². The van der Waals surface area contributed by atoms with Gasteiger partial charge in [-0.2, -0.15) is 0 Å². The molecule has 0 aromatic heterocycles. The van der Waals surface area contributed by atoms with Gasteiger partial charge in [0.1, 0.15) is 0 Å². The first kappa shape index (κ1) is 16.0. The molecule has 2 rings (SSSR count). The summed E-state index contributed by atoms with van der Waals surface area (Å²) in [5.74, 6) is -0.168. The molecule has 0 aliphatic carbocycles. The van der Waals surface area contributed by atoms with Crippen LogP contribution in [0.25, 0.3) is 0 Å². The van der Waals surface area contributed by atoms with E-state index < -0.39 is 0 Å². The normalized spacial score (nSPS) is 27.1. The Morgan fingerprint density at radius 1 is 1.43 bits per heavy atom. The smallest absolute Gasteiger partial charge is 0.246 e. The van der Waals surface area contributed by atoms with Crippen LogP contribution in [0.3, 0.4) is 0 Å². The third-order valence-corrected chi connectivity index (χ3v) is 4.55. The summed E-state index contributed by atoms with van der Waals surface area (Å²) in [6.07, 6.45) is 3.24. The van der Waals surface area contributed by atoms with Crippen molar-refractivity contribution in [2.45, 2.75) is 39.2 Å². The quantitative estimate of drug-likeness (QED) is 0.737. The standard InChI is InChI=1S/C16H26N2O3/c1-5-13(19)17(6-2)9-14(20)18-8-7-16(11-18)10-15(3,4)21-12-16/h5H,1,6-12H2,2-4H3. The molecule has 1 spiro atoms. The first-order valence-corrected chi connectivity index (χ1v) is 7.64. The maximum Gasteiger partial charge on any atom is 0.246 e. The number of ether oxygens (including phenoxy) is 1. The predicted octanol–water partition coefficient (Wildman–Crippen LogP) is 1.44. The lowest BCUT2D eigenvalue weighted by molar-refractivity contribution is -0.137. The number of carbonyl (C=O) groups is 2. The van der Waals surface area contributed by atoms with E-state index in [1.807, 2.05) is 11.8 Å². The average molecular weight is 294 g/mol. The van der Waals surface area contributed by atoms with E-state index in [0.29, 0.717) is 6.54 Å². The molecule has 2 saturated heterocycles. The summed E-state index contributed by atoms with van der Waals surface area (Å²) in [4.78, 5) is 27.4. The Morgan fingerprint density at radius 3 is 2.67 bits per heavy atom. The number of likely N-dealkylation sites (tertiary alicyclic amines) is 1. The second-order valence-electron chi connectivity index (χ2n) is 6.85. The van der Waals surface area contributed by atoms with Gasteiger partial charge < -0.3 is 14.5 Å². The van der Waals surface area contributed by atoms with Gasteiger partial charge in [-0.25, -0.2) is 0 Å². The molecule has 0 bridgehead atoms. The molecule has 0 aromatic carbocycles. The fraction of sp³-hybridized carbons (Fsp3) is 0.750. The lowest BCUT2D eigenvalue weighted by Gasteiger charge is -2.26. The van der Waals surface area contributed by atoms with Crippen molar-refractivity contribution in [1.29, 1.82) is 0 Å². The van der Waals surface area contributed by atoms with Crippen molar-refractivity contribution in [2.24, 2.45) is 5.41 Å². The Kier molecular flexibility index (Phi) is 4.42. The highest BCUT2D eigenvalue weighted by molar-refractivity contribution is 5.90. The molecule has 0 aromatic rings. The van der Waals surface area contributed by atoms with Gasteiger partial charge in [0.15, 0.2) is 0 Å². The van der Waals surface area contributed by atoms with E-state index in [0.717, 1.165) is 32.5 Å². The van der Waals surface area contributed by atoms with Crippen LogP contribution in [0.15, 0.2) is 12.7 Å². The Bertz CT molecular complexity index is 447. The number of hydrogen-bond donors (Lipinski definition) is 0. The monoisotopic (exact) mass is 294 g/mol. The Labute approximate surface area is 126 Å². The van der Waals surface area contributed by atoms with Crippen LogP contribution in [0, 0.1) is 5.41 Å². The summed E-state index contributed by atoms with van der Waals surface area (Å²) in [5.41, 5.74) is 0.0198. The van der Waals surface area contributed by atoms with Crippen LogP contribution < -0.4 is 0 Å². The Balaban J connectivity index is 1.94. The van der Waals surface area contributed by atoms with E-state index in [1.165, 1.54) is 11.0 Å². The number of likely N-dealkylation sites (N-methyl/N-ethyl adjacent to an activating group) is 1. The largest absolute Gasteiger partial charge is 0.375 e. The van der Waals surface area contributed by atoms with Gasteiger partial charge in [0.25, 0.3) is 0 Å². The van der Waals surface area contributed by atoms with E-state index in [-0.39, 0.29) is 29.4 Å². The van der Waals surface area contributed by atoms with E-state index in [1.54, 1.807) is 0 Å². The van der Waals surface area contributed by atoms with Crippen LogP contribution in [0.2, 0.25) is 0 Å². The van der Waals surface area contributed by atoms with Gasteiger partial charge in [-0.15, -0.1) is 0 Å². The van der Waals surface area contributed by atoms with Gasteiger partial charge in [-0.1, -0.05) is 6.58 Å². The van der Waals surface area contributed by atoms with Crippen molar-refractivity contribution in [2.75, 3.05) is 32.8 Å². The molecule has 5 nitrogen and oxygen atoms in total. The Morgan fingerprint density at radius 2 is 2.14 bits per heavy atom. The summed E-state index contributed by atoms with van der Waals surface area (Å²) in [6, 6.07) is 0. The minimum absolute atomic E-state index is 0.0219. The molecule has 1 unspecified atom stereocenters. The summed E-state index contributed by atoms with van der Waals surface area (Å²) in [6.45, 7) is 12.5. The van der Waals surface area contributed by atoms with E-state index in [4.69, 9.17) is 4.74 Å². The second kappa shape index (κ2) is 5.79. The van der Waals surface area contributed by atoms with Crippen LogP contribution in [-0.2, 0) is 14.3 Å². The molecule has 1 atom stereocenters. The highest BCUT2D eigenvalue weighted by atomic mass is 16.5. The minimum Gasteiger partial charge on any atom is -0.375 e. The van der Waals surface area contributed by atoms with Crippen LogP contribution in [0.1, 0.15) is 33.6 Å². The van der Waals surface area contributed by atoms with Crippen LogP contribution in [0.5, 0.6) is 0 Å². The summed E-state index contributed by atoms with van der Waals surface area (Å²) in [5, 5.41) is 0. The molecule has 5 heteroatoms. The maximum atomic E-state index is 12.4. The molecule has 0 radical (unpaired) electrons. The molecule has 0 saturated carbocycles. The summed E-state index contributed by atoms with van der Waals surface area (Å²) >= 11 is 0. The van der Waals surface area contributed by atoms with Gasteiger partial charge in [0.05, 0.1) is 18.8 Å². The third kappa shape index (κ3) is 3.46. The molecule has 2 aliphatic rings. The molecule has 2 heterocycles. The number of carbonyl (C=O) groups excluding carboxylic acids is 2. The summed E-state index contributed by atoms with van der Waals surface area (Å²) < 4.78 is 5.85. The van der Waals surface area contributed by atoms with Crippen molar-refractivity contribution in [3.05, 3.63) is 12.7 Å². The van der Waals surface area contributed by atoms with Gasteiger partial charge >= 0.3 is 0 Å². The van der Waals surface area contributed by atoms with Crippen molar-refractivity contribution in [1.82, 2.24) is 9.80 Å². The number of rotatable bonds is 4. The highest BCUT2D eigenvalue weighted by Gasteiger charge is 2.49. The molecule has 118 valence electrons. The van der Waals surface area contributed by atoms with Crippen molar-refractivity contribution in [3.8, 4) is 0 Å².